The van der Waals surface area contributed by atoms with Gasteiger partial charge in [-0.25, -0.2) is 0 Å². The van der Waals surface area contributed by atoms with Crippen LogP contribution in [-0.2, 0) is 6.42 Å². The molecule has 1 aliphatic heterocycles. The molecule has 2 heteroatoms. The number of ether oxygens (including phenoxy) is 1. The van der Waals surface area contributed by atoms with Crippen LogP contribution in [0.1, 0.15) is 47.6 Å². The van der Waals surface area contributed by atoms with Gasteiger partial charge in [-0.05, 0) is 123 Å². The van der Waals surface area contributed by atoms with Crippen molar-refractivity contribution in [3.63, 3.8) is 0 Å². The fourth-order valence-corrected chi connectivity index (χ4v) is 7.57. The summed E-state index contributed by atoms with van der Waals surface area (Å²) in [6.07, 6.45) is 13.1. The minimum absolute atomic E-state index is 0.0803. The minimum atomic E-state index is 0.0803. The molecule has 0 saturated carbocycles. The van der Waals surface area contributed by atoms with Gasteiger partial charge in [0.2, 0.25) is 0 Å². The predicted molar refractivity (Wildman–Crippen MR) is 208 cm³/mol. The van der Waals surface area contributed by atoms with E-state index >= 15 is 0 Å². The molecule has 0 spiro atoms. The largest absolute Gasteiger partial charge is 0.457 e. The first-order chi connectivity index (χ1) is 24.7. The number of aliphatic imine (C=N–C) groups is 1. The monoisotopic (exact) mass is 643 g/mol. The van der Waals surface area contributed by atoms with Crippen molar-refractivity contribution in [2.75, 3.05) is 0 Å². The van der Waals surface area contributed by atoms with Gasteiger partial charge >= 0.3 is 0 Å². The first-order valence-electron chi connectivity index (χ1n) is 17.6. The van der Waals surface area contributed by atoms with Crippen LogP contribution in [0.2, 0.25) is 0 Å². The van der Waals surface area contributed by atoms with E-state index in [0.717, 1.165) is 48.5 Å². The molecular formula is C48H37NO. The predicted octanol–water partition coefficient (Wildman–Crippen LogP) is 12.6. The molecule has 240 valence electrons. The highest BCUT2D eigenvalue weighted by Gasteiger charge is 2.22. The molecule has 6 aromatic carbocycles. The van der Waals surface area contributed by atoms with Crippen molar-refractivity contribution >= 4 is 11.3 Å². The second-order valence-electron chi connectivity index (χ2n) is 13.3. The average Bonchev–Trinajstić information content (AvgIpc) is 3.58. The second kappa shape index (κ2) is 13.1. The highest BCUT2D eigenvalue weighted by molar-refractivity contribution is 6.14. The zero-order valence-electron chi connectivity index (χ0n) is 27.9. The van der Waals surface area contributed by atoms with Gasteiger partial charge in [0, 0.05) is 0 Å². The lowest BCUT2D eigenvalue weighted by atomic mass is 9.88. The Hall–Kier alpha value is -5.99. The van der Waals surface area contributed by atoms with Crippen molar-refractivity contribution in [3.05, 3.63) is 198 Å². The van der Waals surface area contributed by atoms with E-state index in [9.17, 15) is 0 Å². The van der Waals surface area contributed by atoms with Gasteiger partial charge in [-0.1, -0.05) is 140 Å². The molecule has 1 atom stereocenters. The Labute approximate surface area is 294 Å². The SMILES string of the molecule is C1=CC(C2=NC(c3ccc(-c4ccc(Oc5ccc(-c6cccc7c6Cc6ccccc6-7)cc5)cc4)cc3)CC(c3ccccc3)=C2)=CCC1. The van der Waals surface area contributed by atoms with Crippen LogP contribution in [0.25, 0.3) is 39.0 Å². The molecule has 3 aliphatic rings. The summed E-state index contributed by atoms with van der Waals surface area (Å²) in [7, 11) is 0. The van der Waals surface area contributed by atoms with Crippen LogP contribution in [0.4, 0.5) is 0 Å². The van der Waals surface area contributed by atoms with Crippen molar-refractivity contribution in [2.24, 2.45) is 4.99 Å². The van der Waals surface area contributed by atoms with Crippen LogP contribution in [0.3, 0.4) is 0 Å². The van der Waals surface area contributed by atoms with Gasteiger partial charge in [-0.15, -0.1) is 0 Å². The van der Waals surface area contributed by atoms with Crippen molar-refractivity contribution in [1.29, 1.82) is 0 Å². The van der Waals surface area contributed by atoms with E-state index in [4.69, 9.17) is 9.73 Å². The van der Waals surface area contributed by atoms with Gasteiger partial charge in [-0.3, -0.25) is 4.99 Å². The van der Waals surface area contributed by atoms with E-state index in [0.29, 0.717) is 0 Å². The van der Waals surface area contributed by atoms with E-state index in [-0.39, 0.29) is 6.04 Å². The van der Waals surface area contributed by atoms with Crippen LogP contribution >= 0.6 is 0 Å². The molecule has 0 N–H and O–H groups in total. The molecule has 0 fully saturated rings. The number of hydrogen-bond donors (Lipinski definition) is 0. The number of dihydropyridines is 1. The standard InChI is InChI=1S/C48H37NO/c1-3-10-33(11-4-1)40-31-47(37-12-5-2-6-13-37)49-48(32-40)38-20-18-34(19-21-38)35-22-26-41(27-23-35)50-42-28-24-36(25-29-42)43-16-9-17-45-44-15-8-7-14-39(44)30-46(43)45/h1,3-5,7-29,31,48H,2,6,30,32H2. The van der Waals surface area contributed by atoms with Gasteiger partial charge in [0.15, 0.2) is 0 Å². The average molecular weight is 644 g/mol. The summed E-state index contributed by atoms with van der Waals surface area (Å²) in [6, 6.07) is 52.0. The van der Waals surface area contributed by atoms with E-state index < -0.39 is 0 Å². The Balaban J connectivity index is 0.895. The van der Waals surface area contributed by atoms with E-state index in [2.05, 4.69) is 170 Å². The molecule has 1 unspecified atom stereocenters. The Bertz CT molecular complexity index is 2300. The van der Waals surface area contributed by atoms with Crippen molar-refractivity contribution < 1.29 is 4.74 Å². The number of allylic oxidation sites excluding steroid dienone is 5. The van der Waals surface area contributed by atoms with Gasteiger partial charge in [0.1, 0.15) is 11.5 Å². The smallest absolute Gasteiger partial charge is 0.127 e. The lowest BCUT2D eigenvalue weighted by Crippen LogP contribution is -2.11. The van der Waals surface area contributed by atoms with Gasteiger partial charge in [-0.2, -0.15) is 0 Å². The van der Waals surface area contributed by atoms with Gasteiger partial charge in [0.05, 0.1) is 11.8 Å². The normalized spacial score (nSPS) is 16.2. The summed E-state index contributed by atoms with van der Waals surface area (Å²) in [6.45, 7) is 0. The van der Waals surface area contributed by atoms with Crippen LogP contribution in [0, 0.1) is 0 Å². The molecule has 0 bridgehead atoms. The van der Waals surface area contributed by atoms with Crippen LogP contribution < -0.4 is 4.74 Å². The number of benzene rings is 6. The van der Waals surface area contributed by atoms with Gasteiger partial charge < -0.3 is 4.74 Å². The summed E-state index contributed by atoms with van der Waals surface area (Å²) in [5.41, 5.74) is 16.5. The number of hydrogen-bond acceptors (Lipinski definition) is 2. The topological polar surface area (TPSA) is 21.6 Å². The first kappa shape index (κ1) is 30.1. The number of rotatable bonds is 7. The number of nitrogens with zero attached hydrogens (tertiary/aromatic N) is 1. The Morgan fingerprint density at radius 2 is 1.20 bits per heavy atom. The lowest BCUT2D eigenvalue weighted by Gasteiger charge is -2.23. The fourth-order valence-electron chi connectivity index (χ4n) is 7.57. The van der Waals surface area contributed by atoms with Crippen LogP contribution in [0.5, 0.6) is 11.5 Å². The van der Waals surface area contributed by atoms with E-state index in [1.54, 1.807) is 0 Å². The molecule has 9 rings (SSSR count). The first-order valence-corrected chi connectivity index (χ1v) is 17.6. The quantitative estimate of drug-likeness (QED) is 0.169. The maximum absolute atomic E-state index is 6.28. The van der Waals surface area contributed by atoms with Crippen molar-refractivity contribution in [1.82, 2.24) is 0 Å². The number of fused-ring (bicyclic) bond motifs is 3. The summed E-state index contributed by atoms with van der Waals surface area (Å²) in [5.74, 6) is 1.65. The summed E-state index contributed by atoms with van der Waals surface area (Å²) in [5, 5.41) is 0. The molecule has 6 aromatic rings. The molecule has 2 nitrogen and oxygen atoms in total. The molecule has 0 aromatic heterocycles. The molecule has 0 radical (unpaired) electrons. The molecule has 2 aliphatic carbocycles. The summed E-state index contributed by atoms with van der Waals surface area (Å²) >= 11 is 0. The highest BCUT2D eigenvalue weighted by atomic mass is 16.5. The third kappa shape index (κ3) is 5.95. The fraction of sp³-hybridized carbons (Fsp3) is 0.104. The molecule has 50 heavy (non-hydrogen) atoms. The van der Waals surface area contributed by atoms with Crippen molar-refractivity contribution in [2.45, 2.75) is 31.7 Å². The van der Waals surface area contributed by atoms with E-state index in [1.807, 2.05) is 0 Å². The van der Waals surface area contributed by atoms with Crippen molar-refractivity contribution in [3.8, 4) is 44.9 Å². The summed E-state index contributed by atoms with van der Waals surface area (Å²) < 4.78 is 6.28. The Morgan fingerprint density at radius 1 is 0.540 bits per heavy atom. The molecule has 0 amide bonds. The maximum Gasteiger partial charge on any atom is 0.127 e. The molecule has 0 saturated heterocycles. The lowest BCUT2D eigenvalue weighted by molar-refractivity contribution is 0.483. The van der Waals surface area contributed by atoms with Crippen LogP contribution in [0.15, 0.2) is 180 Å². The maximum atomic E-state index is 6.28. The highest BCUT2D eigenvalue weighted by Crippen LogP contribution is 2.42. The molecular weight excluding hydrogens is 607 g/mol. The summed E-state index contributed by atoms with van der Waals surface area (Å²) in [4.78, 5) is 5.26. The zero-order valence-corrected chi connectivity index (χ0v) is 27.9. The van der Waals surface area contributed by atoms with Gasteiger partial charge in [0.25, 0.3) is 0 Å². The minimum Gasteiger partial charge on any atom is -0.457 e. The second-order valence-corrected chi connectivity index (χ2v) is 13.3. The Morgan fingerprint density at radius 3 is 1.94 bits per heavy atom. The molecule has 1 heterocycles. The third-order valence-electron chi connectivity index (χ3n) is 10.2. The Kier molecular flexibility index (Phi) is 7.91. The van der Waals surface area contributed by atoms with E-state index in [1.165, 1.54) is 61.2 Å². The zero-order chi connectivity index (χ0) is 33.3. The van der Waals surface area contributed by atoms with Crippen LogP contribution in [-0.4, -0.2) is 5.71 Å². The third-order valence-corrected chi connectivity index (χ3v) is 10.2.